The molecular weight excluding hydrogens is 327 g/mol. The van der Waals surface area contributed by atoms with Crippen LogP contribution in [0.25, 0.3) is 0 Å². The zero-order valence-corrected chi connectivity index (χ0v) is 13.1. The first-order valence-electron chi connectivity index (χ1n) is 6.84. The van der Waals surface area contributed by atoms with Gasteiger partial charge in [-0.3, -0.25) is 0 Å². The third kappa shape index (κ3) is 5.31. The second-order valence-electron chi connectivity index (χ2n) is 4.76. The second kappa shape index (κ2) is 9.18. The first-order valence-corrected chi connectivity index (χ1v) is 8.42. The minimum Gasteiger partial charge on any atom is -0.379 e. The molecule has 3 nitrogen and oxygen atoms in total. The van der Waals surface area contributed by atoms with Gasteiger partial charge in [-0.15, -0.1) is 0 Å². The van der Waals surface area contributed by atoms with Crippen molar-refractivity contribution in [2.75, 3.05) is 0 Å². The van der Waals surface area contributed by atoms with Crippen molar-refractivity contribution in [1.29, 1.82) is 0 Å². The monoisotopic (exact) mass is 344 g/mol. The van der Waals surface area contributed by atoms with E-state index < -0.39 is 50.9 Å². The van der Waals surface area contributed by atoms with E-state index in [1.165, 1.54) is 0 Å². The number of unbranched alkanes of at least 4 members (excludes halogenated alkanes) is 3. The first-order chi connectivity index (χ1) is 10.4. The third-order valence-corrected chi connectivity index (χ3v) is 4.46. The fourth-order valence-electron chi connectivity index (χ4n) is 1.99. The zero-order valence-electron chi connectivity index (χ0n) is 11.7. The standard InChI is InChI=1S/C13H17F5O3Si/c14-8-7(9(15)11(17)12(18)10(8)16)5-3-1-2-4-6-22-21-13(19)20/h13,19-20H,1-6,22H2. The number of hydrogen-bond acceptors (Lipinski definition) is 3. The van der Waals surface area contributed by atoms with Crippen molar-refractivity contribution in [3.63, 3.8) is 0 Å². The SMILES string of the molecule is OC(O)O[SiH2]CCCCCCc1c(F)c(F)c(F)c(F)c1F. The molecule has 0 radical (unpaired) electrons. The van der Waals surface area contributed by atoms with E-state index in [1.54, 1.807) is 0 Å². The average molecular weight is 344 g/mol. The summed E-state index contributed by atoms with van der Waals surface area (Å²) in [7, 11) is -1.01. The second-order valence-corrected chi connectivity index (χ2v) is 6.21. The third-order valence-electron chi connectivity index (χ3n) is 3.14. The first kappa shape index (κ1) is 19.0. The number of aliphatic hydroxyl groups is 2. The highest BCUT2D eigenvalue weighted by atomic mass is 28.2. The van der Waals surface area contributed by atoms with Gasteiger partial charge in [-0.25, -0.2) is 22.0 Å². The van der Waals surface area contributed by atoms with Crippen LogP contribution >= 0.6 is 0 Å². The summed E-state index contributed by atoms with van der Waals surface area (Å²) in [4.78, 5) is 0. The lowest BCUT2D eigenvalue weighted by Crippen LogP contribution is -2.12. The van der Waals surface area contributed by atoms with Crippen molar-refractivity contribution in [2.24, 2.45) is 0 Å². The van der Waals surface area contributed by atoms with Crippen LogP contribution in [0.5, 0.6) is 0 Å². The molecule has 0 saturated carbocycles. The van der Waals surface area contributed by atoms with Gasteiger partial charge in [0.05, 0.1) is 0 Å². The maximum atomic E-state index is 13.4. The van der Waals surface area contributed by atoms with Crippen LogP contribution in [-0.2, 0) is 10.8 Å². The molecule has 0 heterocycles. The van der Waals surface area contributed by atoms with Crippen LogP contribution in [0.1, 0.15) is 31.2 Å². The molecule has 0 aliphatic rings. The highest BCUT2D eigenvalue weighted by molar-refractivity contribution is 6.26. The molecule has 22 heavy (non-hydrogen) atoms. The van der Waals surface area contributed by atoms with Crippen LogP contribution in [0.3, 0.4) is 0 Å². The van der Waals surface area contributed by atoms with Gasteiger partial charge in [0.1, 0.15) is 0 Å². The minimum absolute atomic E-state index is 0.227. The van der Waals surface area contributed by atoms with Crippen molar-refractivity contribution in [3.8, 4) is 0 Å². The highest BCUT2D eigenvalue weighted by Gasteiger charge is 2.24. The van der Waals surface area contributed by atoms with Crippen LogP contribution < -0.4 is 0 Å². The molecule has 1 aromatic carbocycles. The lowest BCUT2D eigenvalue weighted by Gasteiger charge is -2.08. The summed E-state index contributed by atoms with van der Waals surface area (Å²) < 4.78 is 70.2. The van der Waals surface area contributed by atoms with Gasteiger partial charge in [-0.2, -0.15) is 0 Å². The highest BCUT2D eigenvalue weighted by Crippen LogP contribution is 2.24. The summed E-state index contributed by atoms with van der Waals surface area (Å²) in [6, 6.07) is 0.708. The van der Waals surface area contributed by atoms with Crippen molar-refractivity contribution in [3.05, 3.63) is 34.6 Å². The molecule has 1 rings (SSSR count). The van der Waals surface area contributed by atoms with Crippen LogP contribution in [0, 0.1) is 29.1 Å². The predicted molar refractivity (Wildman–Crippen MR) is 71.1 cm³/mol. The largest absolute Gasteiger partial charge is 0.379 e. The Morgan fingerprint density at radius 2 is 1.27 bits per heavy atom. The van der Waals surface area contributed by atoms with E-state index in [9.17, 15) is 22.0 Å². The van der Waals surface area contributed by atoms with Gasteiger partial charge in [0, 0.05) is 5.56 Å². The van der Waals surface area contributed by atoms with Crippen molar-refractivity contribution in [1.82, 2.24) is 0 Å². The van der Waals surface area contributed by atoms with Gasteiger partial charge < -0.3 is 14.6 Å². The van der Waals surface area contributed by atoms with Crippen LogP contribution in [0.15, 0.2) is 0 Å². The average Bonchev–Trinajstić information content (AvgIpc) is 2.48. The van der Waals surface area contributed by atoms with E-state index in [4.69, 9.17) is 10.2 Å². The smallest absolute Gasteiger partial charge is 0.256 e. The van der Waals surface area contributed by atoms with E-state index >= 15 is 0 Å². The number of halogens is 5. The zero-order chi connectivity index (χ0) is 16.7. The summed E-state index contributed by atoms with van der Waals surface area (Å²) in [5.74, 6) is -9.52. The summed E-state index contributed by atoms with van der Waals surface area (Å²) >= 11 is 0. The number of rotatable bonds is 9. The van der Waals surface area contributed by atoms with Crippen molar-refractivity contribution >= 4 is 9.76 Å². The van der Waals surface area contributed by atoms with Crippen LogP contribution in [0.2, 0.25) is 6.04 Å². The Morgan fingerprint density at radius 1 is 0.773 bits per heavy atom. The molecule has 0 atom stereocenters. The van der Waals surface area contributed by atoms with Gasteiger partial charge in [-0.1, -0.05) is 19.3 Å². The number of hydrogen-bond donors (Lipinski definition) is 2. The predicted octanol–water partition coefficient (Wildman–Crippen LogP) is 2.27. The van der Waals surface area contributed by atoms with Gasteiger partial charge in [0.15, 0.2) is 33.0 Å². The molecule has 0 bridgehead atoms. The molecule has 0 saturated heterocycles. The molecule has 126 valence electrons. The molecule has 0 spiro atoms. The number of aliphatic hydroxyl groups excluding tert-OH is 1. The van der Waals surface area contributed by atoms with Crippen LogP contribution in [0.4, 0.5) is 22.0 Å². The molecule has 0 amide bonds. The maximum Gasteiger partial charge on any atom is 0.256 e. The minimum atomic E-state index is -2.14. The Labute approximate surface area is 126 Å². The Morgan fingerprint density at radius 3 is 1.82 bits per heavy atom. The Kier molecular flexibility index (Phi) is 7.94. The lowest BCUT2D eigenvalue weighted by molar-refractivity contribution is -0.180. The molecule has 1 aromatic rings. The maximum absolute atomic E-state index is 13.4. The van der Waals surface area contributed by atoms with Gasteiger partial charge >= 0.3 is 0 Å². The Bertz CT molecular complexity index is 470. The fraction of sp³-hybridized carbons (Fsp3) is 0.538. The van der Waals surface area contributed by atoms with E-state index in [0.29, 0.717) is 25.3 Å². The van der Waals surface area contributed by atoms with Crippen molar-refractivity contribution < 1.29 is 36.6 Å². The van der Waals surface area contributed by atoms with Crippen molar-refractivity contribution in [2.45, 2.75) is 44.6 Å². The van der Waals surface area contributed by atoms with E-state index in [2.05, 4.69) is 4.43 Å². The summed E-state index contributed by atoms with van der Waals surface area (Å²) in [6.45, 7) is -1.75. The fourth-order valence-corrected chi connectivity index (χ4v) is 2.93. The molecule has 0 fully saturated rings. The molecule has 0 unspecified atom stereocenters. The van der Waals surface area contributed by atoms with Crippen LogP contribution in [-0.4, -0.2) is 26.5 Å². The normalized spacial score (nSPS) is 12.0. The topological polar surface area (TPSA) is 49.7 Å². The summed E-state index contributed by atoms with van der Waals surface area (Å²) in [5, 5.41) is 16.9. The Balaban J connectivity index is 2.37. The van der Waals surface area contributed by atoms with E-state index in [-0.39, 0.29) is 6.42 Å². The van der Waals surface area contributed by atoms with Gasteiger partial charge in [0.2, 0.25) is 5.82 Å². The van der Waals surface area contributed by atoms with Gasteiger partial charge in [-0.05, 0) is 18.9 Å². The molecular formula is C13H17F5O3Si. The molecule has 9 heteroatoms. The summed E-state index contributed by atoms with van der Waals surface area (Å²) in [6.07, 6.45) is 2.08. The number of benzene rings is 1. The lowest BCUT2D eigenvalue weighted by atomic mass is 10.0. The molecule has 0 aliphatic heterocycles. The van der Waals surface area contributed by atoms with Gasteiger partial charge in [0.25, 0.3) is 6.48 Å². The van der Waals surface area contributed by atoms with E-state index in [1.807, 2.05) is 0 Å². The molecule has 0 aromatic heterocycles. The summed E-state index contributed by atoms with van der Waals surface area (Å²) in [5.41, 5.74) is -0.780. The van der Waals surface area contributed by atoms with E-state index in [0.717, 1.165) is 6.42 Å². The Hall–Kier alpha value is -1.03. The quantitative estimate of drug-likeness (QED) is 0.180. The molecule has 0 aliphatic carbocycles. The molecule has 2 N–H and O–H groups in total.